The molecule has 0 spiro atoms. The summed E-state index contributed by atoms with van der Waals surface area (Å²) in [7, 11) is 1.82. The second kappa shape index (κ2) is 7.28. The van der Waals surface area contributed by atoms with Crippen LogP contribution in [0.2, 0.25) is 0 Å². The van der Waals surface area contributed by atoms with Crippen molar-refractivity contribution < 1.29 is 4.79 Å². The molecule has 3 heterocycles. The zero-order valence-corrected chi connectivity index (χ0v) is 16.4. The fourth-order valence-corrected chi connectivity index (χ4v) is 4.91. The number of nitrogens with zero attached hydrogens (tertiary/aromatic N) is 4. The second-order valence-electron chi connectivity index (χ2n) is 6.44. The maximum absolute atomic E-state index is 12.3. The van der Waals surface area contributed by atoms with Crippen molar-refractivity contribution >= 4 is 44.4 Å². The molecule has 0 unspecified atom stereocenters. The van der Waals surface area contributed by atoms with Crippen molar-refractivity contribution in [2.24, 2.45) is 7.05 Å². The maximum Gasteiger partial charge on any atom is 0.254 e. The summed E-state index contributed by atoms with van der Waals surface area (Å²) >= 11 is 3.49. The predicted molar refractivity (Wildman–Crippen MR) is 107 cm³/mol. The van der Waals surface area contributed by atoms with E-state index in [4.69, 9.17) is 4.98 Å². The fourth-order valence-electron chi connectivity index (χ4n) is 3.23. The average Bonchev–Trinajstić information content (AvgIpc) is 3.28. The van der Waals surface area contributed by atoms with Gasteiger partial charge in [-0.25, -0.2) is 4.98 Å². The molecule has 136 valence electrons. The normalized spacial score (nSPS) is 15.5. The monoisotopic (exact) mass is 387 g/mol. The summed E-state index contributed by atoms with van der Waals surface area (Å²) in [6.45, 7) is 1.82. The van der Waals surface area contributed by atoms with Crippen LogP contribution < -0.4 is 10.2 Å². The smallest absolute Gasteiger partial charge is 0.254 e. The number of para-hydroxylation sites is 1. The molecule has 6 nitrogen and oxygen atoms in total. The zero-order valence-electron chi connectivity index (χ0n) is 14.8. The molecule has 0 saturated carbocycles. The lowest BCUT2D eigenvalue weighted by Gasteiger charge is -2.32. The van der Waals surface area contributed by atoms with E-state index in [0.717, 1.165) is 36.6 Å². The summed E-state index contributed by atoms with van der Waals surface area (Å²) in [6, 6.07) is 6.56. The first-order chi connectivity index (χ1) is 12.6. The van der Waals surface area contributed by atoms with E-state index in [-0.39, 0.29) is 11.9 Å². The summed E-state index contributed by atoms with van der Waals surface area (Å²) in [5.74, 6) is -0.0406. The quantitative estimate of drug-likeness (QED) is 0.697. The first kappa shape index (κ1) is 17.4. The number of thiazole rings is 1. The molecule has 0 aliphatic carbocycles. The number of aryl methyl sites for hydroxylation is 1. The van der Waals surface area contributed by atoms with Gasteiger partial charge in [0, 0.05) is 37.3 Å². The SMILES string of the molecule is CSc1cccc2sc(N3CCC(NC(=O)c4cnn(C)c4)CC3)nc12. The maximum atomic E-state index is 12.3. The summed E-state index contributed by atoms with van der Waals surface area (Å²) in [6.07, 6.45) is 7.29. The number of piperidine rings is 1. The van der Waals surface area contributed by atoms with Gasteiger partial charge in [-0.3, -0.25) is 9.48 Å². The molecule has 26 heavy (non-hydrogen) atoms. The number of aromatic nitrogens is 3. The molecule has 1 saturated heterocycles. The highest BCUT2D eigenvalue weighted by Crippen LogP contribution is 2.34. The van der Waals surface area contributed by atoms with Gasteiger partial charge in [0.15, 0.2) is 5.13 Å². The Balaban J connectivity index is 1.40. The molecule has 3 aromatic rings. The van der Waals surface area contributed by atoms with Crippen molar-refractivity contribution in [1.82, 2.24) is 20.1 Å². The van der Waals surface area contributed by atoms with E-state index < -0.39 is 0 Å². The predicted octanol–water partition coefficient (Wildman–Crippen LogP) is 3.15. The highest BCUT2D eigenvalue weighted by Gasteiger charge is 2.23. The molecule has 0 radical (unpaired) electrons. The summed E-state index contributed by atoms with van der Waals surface area (Å²) in [5, 5.41) is 8.26. The van der Waals surface area contributed by atoms with Crippen LogP contribution in [0.15, 0.2) is 35.5 Å². The van der Waals surface area contributed by atoms with E-state index in [1.165, 1.54) is 9.60 Å². The highest BCUT2D eigenvalue weighted by atomic mass is 32.2. The van der Waals surface area contributed by atoms with Gasteiger partial charge in [0.2, 0.25) is 0 Å². The van der Waals surface area contributed by atoms with Crippen LogP contribution in [0.25, 0.3) is 10.2 Å². The molecule has 8 heteroatoms. The number of fused-ring (bicyclic) bond motifs is 1. The zero-order chi connectivity index (χ0) is 18.1. The average molecular weight is 388 g/mol. The van der Waals surface area contributed by atoms with Gasteiger partial charge in [-0.2, -0.15) is 5.10 Å². The Morgan fingerprint density at radius 3 is 2.85 bits per heavy atom. The third-order valence-corrected chi connectivity index (χ3v) is 6.51. The number of nitrogens with one attached hydrogen (secondary N) is 1. The molecular formula is C18H21N5OS2. The topological polar surface area (TPSA) is 63.1 Å². The Kier molecular flexibility index (Phi) is 4.86. The molecule has 1 fully saturated rings. The molecule has 0 bridgehead atoms. The number of thioether (sulfide) groups is 1. The molecule has 1 aromatic carbocycles. The van der Waals surface area contributed by atoms with Crippen LogP contribution in [-0.4, -0.2) is 46.1 Å². The molecule has 1 aliphatic heterocycles. The van der Waals surface area contributed by atoms with E-state index in [9.17, 15) is 4.79 Å². The van der Waals surface area contributed by atoms with Crippen LogP contribution in [0.3, 0.4) is 0 Å². The number of hydrogen-bond acceptors (Lipinski definition) is 6. The molecule has 1 amide bonds. The van der Waals surface area contributed by atoms with Gasteiger partial charge in [-0.05, 0) is 31.2 Å². The van der Waals surface area contributed by atoms with E-state index in [1.807, 2.05) is 7.05 Å². The minimum Gasteiger partial charge on any atom is -0.349 e. The number of anilines is 1. The minimum absolute atomic E-state index is 0.0406. The van der Waals surface area contributed by atoms with Gasteiger partial charge < -0.3 is 10.2 Å². The van der Waals surface area contributed by atoms with Crippen molar-refractivity contribution in [2.75, 3.05) is 24.2 Å². The van der Waals surface area contributed by atoms with Crippen LogP contribution in [0, 0.1) is 0 Å². The summed E-state index contributed by atoms with van der Waals surface area (Å²) in [4.78, 5) is 20.7. The van der Waals surface area contributed by atoms with Crippen LogP contribution in [0.5, 0.6) is 0 Å². The third kappa shape index (κ3) is 3.43. The van der Waals surface area contributed by atoms with Crippen LogP contribution in [-0.2, 0) is 7.05 Å². The van der Waals surface area contributed by atoms with Crippen molar-refractivity contribution in [2.45, 2.75) is 23.8 Å². The number of benzene rings is 1. The molecule has 1 aliphatic rings. The number of carbonyl (C=O) groups is 1. The lowest BCUT2D eigenvalue weighted by molar-refractivity contribution is 0.0931. The van der Waals surface area contributed by atoms with Crippen molar-refractivity contribution in [3.8, 4) is 0 Å². The number of amides is 1. The first-order valence-electron chi connectivity index (χ1n) is 8.62. The Bertz CT molecular complexity index is 927. The molecule has 1 N–H and O–H groups in total. The van der Waals surface area contributed by atoms with Gasteiger partial charge in [0.1, 0.15) is 0 Å². The molecule has 2 aromatic heterocycles. The Morgan fingerprint density at radius 2 is 2.15 bits per heavy atom. The molecular weight excluding hydrogens is 366 g/mol. The largest absolute Gasteiger partial charge is 0.349 e. The standard InChI is InChI=1S/C18H21N5OS2/c1-22-11-12(10-19-22)17(24)20-13-6-8-23(9-7-13)18-21-16-14(25-2)4-3-5-15(16)26-18/h3-5,10-11,13H,6-9H2,1-2H3,(H,20,24). The van der Waals surface area contributed by atoms with E-state index >= 15 is 0 Å². The lowest BCUT2D eigenvalue weighted by Crippen LogP contribution is -2.44. The van der Waals surface area contributed by atoms with Gasteiger partial charge in [0.25, 0.3) is 5.91 Å². The van der Waals surface area contributed by atoms with E-state index in [0.29, 0.717) is 5.56 Å². The Morgan fingerprint density at radius 1 is 1.35 bits per heavy atom. The van der Waals surface area contributed by atoms with Gasteiger partial charge >= 0.3 is 0 Å². The lowest BCUT2D eigenvalue weighted by atomic mass is 10.1. The van der Waals surface area contributed by atoms with Crippen molar-refractivity contribution in [3.63, 3.8) is 0 Å². The van der Waals surface area contributed by atoms with E-state index in [2.05, 4.69) is 39.8 Å². The van der Waals surface area contributed by atoms with Crippen molar-refractivity contribution in [3.05, 3.63) is 36.2 Å². The van der Waals surface area contributed by atoms with Gasteiger partial charge in [0.05, 0.1) is 22.0 Å². The molecule has 4 rings (SSSR count). The number of carbonyl (C=O) groups excluding carboxylic acids is 1. The fraction of sp³-hybridized carbons (Fsp3) is 0.389. The molecule has 0 atom stereocenters. The first-order valence-corrected chi connectivity index (χ1v) is 10.7. The number of rotatable bonds is 4. The summed E-state index contributed by atoms with van der Waals surface area (Å²) < 4.78 is 2.88. The van der Waals surface area contributed by atoms with Crippen LogP contribution >= 0.6 is 23.1 Å². The Labute approximate surface area is 160 Å². The second-order valence-corrected chi connectivity index (χ2v) is 8.30. The van der Waals surface area contributed by atoms with Crippen LogP contribution in [0.4, 0.5) is 5.13 Å². The Hall–Kier alpha value is -2.06. The number of hydrogen-bond donors (Lipinski definition) is 1. The van der Waals surface area contributed by atoms with Gasteiger partial charge in [-0.1, -0.05) is 17.4 Å². The highest BCUT2D eigenvalue weighted by molar-refractivity contribution is 7.98. The van der Waals surface area contributed by atoms with E-state index in [1.54, 1.807) is 40.2 Å². The van der Waals surface area contributed by atoms with Gasteiger partial charge in [-0.15, -0.1) is 11.8 Å². The minimum atomic E-state index is -0.0406. The summed E-state index contributed by atoms with van der Waals surface area (Å²) in [5.41, 5.74) is 1.72. The van der Waals surface area contributed by atoms with Crippen molar-refractivity contribution in [1.29, 1.82) is 0 Å². The van der Waals surface area contributed by atoms with Crippen LogP contribution in [0.1, 0.15) is 23.2 Å². The third-order valence-electron chi connectivity index (χ3n) is 4.66.